The lowest BCUT2D eigenvalue weighted by atomic mass is 10.2. The van der Waals surface area contributed by atoms with E-state index in [4.69, 9.17) is 35.4 Å². The molecule has 1 aliphatic rings. The predicted octanol–water partition coefficient (Wildman–Crippen LogP) is 3.40. The van der Waals surface area contributed by atoms with E-state index >= 15 is 0 Å². The van der Waals surface area contributed by atoms with Crippen LogP contribution in [0.15, 0.2) is 18.2 Å². The summed E-state index contributed by atoms with van der Waals surface area (Å²) in [5.41, 5.74) is 1.00. The monoisotopic (exact) mass is 331 g/mol. The third kappa shape index (κ3) is 3.68. The van der Waals surface area contributed by atoms with Crippen LogP contribution in [0.5, 0.6) is 0 Å². The van der Waals surface area contributed by atoms with E-state index in [0.29, 0.717) is 16.1 Å². The Labute approximate surface area is 135 Å². The molecule has 0 amide bonds. The number of benzene rings is 1. The predicted molar refractivity (Wildman–Crippen MR) is 91.1 cm³/mol. The van der Waals surface area contributed by atoms with Crippen molar-refractivity contribution >= 4 is 46.2 Å². The van der Waals surface area contributed by atoms with E-state index in [2.05, 4.69) is 29.0 Å². The van der Waals surface area contributed by atoms with Gasteiger partial charge in [0.05, 0.1) is 15.7 Å². The number of nitrogens with one attached hydrogen (secondary N) is 1. The fraction of sp³-hybridized carbons (Fsp3) is 0.500. The minimum Gasteiger partial charge on any atom is -0.367 e. The summed E-state index contributed by atoms with van der Waals surface area (Å²) in [6.45, 7) is 7.74. The molecule has 3 nitrogen and oxygen atoms in total. The summed E-state index contributed by atoms with van der Waals surface area (Å²) in [5.74, 6) is 0. The number of hydrogen-bond acceptors (Lipinski definition) is 2. The molecule has 0 saturated carbocycles. The van der Waals surface area contributed by atoms with Gasteiger partial charge in [0.1, 0.15) is 0 Å². The van der Waals surface area contributed by atoms with E-state index in [-0.39, 0.29) is 0 Å². The van der Waals surface area contributed by atoms with E-state index < -0.39 is 0 Å². The maximum absolute atomic E-state index is 6.27. The van der Waals surface area contributed by atoms with Crippen LogP contribution in [-0.4, -0.2) is 42.2 Å². The van der Waals surface area contributed by atoms with Crippen LogP contribution in [0.2, 0.25) is 10.0 Å². The van der Waals surface area contributed by atoms with E-state index in [1.165, 1.54) is 0 Å². The Morgan fingerprint density at radius 3 is 2.45 bits per heavy atom. The van der Waals surface area contributed by atoms with Crippen LogP contribution in [0.3, 0.4) is 0 Å². The highest BCUT2D eigenvalue weighted by Gasteiger charge is 2.21. The Morgan fingerprint density at radius 1 is 1.20 bits per heavy atom. The summed E-state index contributed by atoms with van der Waals surface area (Å²) in [6.07, 6.45) is 0. The van der Waals surface area contributed by atoms with Gasteiger partial charge in [0.25, 0.3) is 0 Å². The van der Waals surface area contributed by atoms with Gasteiger partial charge >= 0.3 is 0 Å². The second-order valence-electron chi connectivity index (χ2n) is 5.15. The molecule has 20 heavy (non-hydrogen) atoms. The van der Waals surface area contributed by atoms with Gasteiger partial charge in [-0.05, 0) is 38.2 Å². The molecule has 0 unspecified atom stereocenters. The first-order valence-corrected chi connectivity index (χ1v) is 7.90. The van der Waals surface area contributed by atoms with Crippen LogP contribution in [0.25, 0.3) is 0 Å². The summed E-state index contributed by atoms with van der Waals surface area (Å²) >= 11 is 17.7. The second kappa shape index (κ2) is 6.83. The molecule has 110 valence electrons. The molecule has 1 aromatic rings. The summed E-state index contributed by atoms with van der Waals surface area (Å²) in [7, 11) is 0. The Bertz CT molecular complexity index is 485. The molecule has 0 spiro atoms. The zero-order valence-electron chi connectivity index (χ0n) is 11.7. The van der Waals surface area contributed by atoms with Gasteiger partial charge in [0.15, 0.2) is 5.11 Å². The fourth-order valence-electron chi connectivity index (χ4n) is 2.23. The summed E-state index contributed by atoms with van der Waals surface area (Å²) in [6, 6.07) is 6.11. The molecule has 1 aromatic carbocycles. The standard InChI is InChI=1S/C14H19Cl2N3S/c1-10(2)17-14(20)19-8-6-18(7-9-19)12-5-3-4-11(15)13(12)16/h3-5,10H,6-9H2,1-2H3,(H,17,20). The van der Waals surface area contributed by atoms with E-state index in [0.717, 1.165) is 37.0 Å². The van der Waals surface area contributed by atoms with Gasteiger partial charge in [-0.2, -0.15) is 0 Å². The third-order valence-corrected chi connectivity index (χ3v) is 4.44. The summed E-state index contributed by atoms with van der Waals surface area (Å²) in [5, 5.41) is 5.34. The van der Waals surface area contributed by atoms with Gasteiger partial charge in [-0.3, -0.25) is 0 Å². The van der Waals surface area contributed by atoms with Gasteiger partial charge in [-0.15, -0.1) is 0 Å². The first-order valence-electron chi connectivity index (χ1n) is 6.73. The van der Waals surface area contributed by atoms with Gasteiger partial charge in [0, 0.05) is 32.2 Å². The van der Waals surface area contributed by atoms with Gasteiger partial charge < -0.3 is 15.1 Å². The SMILES string of the molecule is CC(C)NC(=S)N1CCN(c2cccc(Cl)c2Cl)CC1. The molecule has 1 saturated heterocycles. The van der Waals surface area contributed by atoms with Crippen molar-refractivity contribution in [2.75, 3.05) is 31.1 Å². The normalized spacial score (nSPS) is 15.7. The summed E-state index contributed by atoms with van der Waals surface area (Å²) in [4.78, 5) is 4.45. The Kier molecular flexibility index (Phi) is 5.35. The highest BCUT2D eigenvalue weighted by molar-refractivity contribution is 7.80. The molecule has 1 heterocycles. The molecule has 0 radical (unpaired) electrons. The maximum atomic E-state index is 6.27. The van der Waals surface area contributed by atoms with Crippen molar-refractivity contribution in [1.29, 1.82) is 0 Å². The van der Waals surface area contributed by atoms with Gasteiger partial charge in [0.2, 0.25) is 0 Å². The van der Waals surface area contributed by atoms with Crippen molar-refractivity contribution < 1.29 is 0 Å². The van der Waals surface area contributed by atoms with Crippen molar-refractivity contribution in [2.24, 2.45) is 0 Å². The molecule has 6 heteroatoms. The van der Waals surface area contributed by atoms with Crippen LogP contribution in [0.4, 0.5) is 5.69 Å². The molecule has 1 N–H and O–H groups in total. The minimum absolute atomic E-state index is 0.364. The lowest BCUT2D eigenvalue weighted by Gasteiger charge is -2.38. The van der Waals surface area contributed by atoms with Crippen molar-refractivity contribution in [1.82, 2.24) is 10.2 Å². The molecule has 0 aliphatic carbocycles. The Balaban J connectivity index is 1.97. The quantitative estimate of drug-likeness (QED) is 0.837. The number of thiocarbonyl (C=S) groups is 1. The van der Waals surface area contributed by atoms with Crippen LogP contribution >= 0.6 is 35.4 Å². The average molecular weight is 332 g/mol. The molecular weight excluding hydrogens is 313 g/mol. The number of anilines is 1. The zero-order valence-corrected chi connectivity index (χ0v) is 14.0. The van der Waals surface area contributed by atoms with E-state index in [1.54, 1.807) is 0 Å². The second-order valence-corrected chi connectivity index (χ2v) is 6.32. The van der Waals surface area contributed by atoms with Crippen molar-refractivity contribution in [3.05, 3.63) is 28.2 Å². The van der Waals surface area contributed by atoms with Gasteiger partial charge in [-0.1, -0.05) is 29.3 Å². The van der Waals surface area contributed by atoms with Crippen LogP contribution in [0, 0.1) is 0 Å². The lowest BCUT2D eigenvalue weighted by molar-refractivity contribution is 0.377. The molecule has 2 rings (SSSR count). The van der Waals surface area contributed by atoms with Crippen LogP contribution < -0.4 is 10.2 Å². The number of halogens is 2. The molecule has 0 atom stereocenters. The van der Waals surface area contributed by atoms with Gasteiger partial charge in [-0.25, -0.2) is 0 Å². The number of nitrogens with zero attached hydrogens (tertiary/aromatic N) is 2. The van der Waals surface area contributed by atoms with E-state index in [1.807, 2.05) is 18.2 Å². The first kappa shape index (κ1) is 15.7. The molecule has 0 bridgehead atoms. The van der Waals surface area contributed by atoms with E-state index in [9.17, 15) is 0 Å². The highest BCUT2D eigenvalue weighted by atomic mass is 35.5. The topological polar surface area (TPSA) is 18.5 Å². The Hall–Kier alpha value is -0.710. The van der Waals surface area contributed by atoms with Crippen LogP contribution in [0.1, 0.15) is 13.8 Å². The fourth-order valence-corrected chi connectivity index (χ4v) is 3.06. The largest absolute Gasteiger partial charge is 0.367 e. The zero-order chi connectivity index (χ0) is 14.7. The van der Waals surface area contributed by atoms with Crippen molar-refractivity contribution in [3.8, 4) is 0 Å². The van der Waals surface area contributed by atoms with Crippen LogP contribution in [-0.2, 0) is 0 Å². The molecule has 0 aromatic heterocycles. The number of piperazine rings is 1. The average Bonchev–Trinajstić information content (AvgIpc) is 2.41. The third-order valence-electron chi connectivity index (χ3n) is 3.25. The Morgan fingerprint density at radius 2 is 1.85 bits per heavy atom. The summed E-state index contributed by atoms with van der Waals surface area (Å²) < 4.78 is 0. The highest BCUT2D eigenvalue weighted by Crippen LogP contribution is 2.32. The maximum Gasteiger partial charge on any atom is 0.169 e. The number of hydrogen-bond donors (Lipinski definition) is 1. The van der Waals surface area contributed by atoms with Crippen molar-refractivity contribution in [3.63, 3.8) is 0 Å². The molecule has 1 aliphatic heterocycles. The molecular formula is C14H19Cl2N3S. The molecule has 1 fully saturated rings. The van der Waals surface area contributed by atoms with Crippen molar-refractivity contribution in [2.45, 2.75) is 19.9 Å². The lowest BCUT2D eigenvalue weighted by Crippen LogP contribution is -2.52. The smallest absolute Gasteiger partial charge is 0.169 e. The first-order chi connectivity index (χ1) is 9.49. The minimum atomic E-state index is 0.364. The number of rotatable bonds is 2.